The molecule has 0 radical (unpaired) electrons. The second kappa shape index (κ2) is 5.10. The summed E-state index contributed by atoms with van der Waals surface area (Å²) in [7, 11) is 0. The van der Waals surface area contributed by atoms with Crippen LogP contribution in [-0.2, 0) is 4.74 Å². The Labute approximate surface area is 77.3 Å². The monoisotopic (exact) mass is 217 g/mol. The molecule has 3 unspecified atom stereocenters. The van der Waals surface area contributed by atoms with Crippen LogP contribution in [0.15, 0.2) is 0 Å². The van der Waals surface area contributed by atoms with E-state index in [1.807, 2.05) is 0 Å². The molecule has 14 heavy (non-hydrogen) atoms. The first-order valence-electron chi connectivity index (χ1n) is 3.69. The lowest BCUT2D eigenvalue weighted by Gasteiger charge is -2.23. The molecule has 0 aromatic carbocycles. The molecule has 7 heteroatoms. The normalized spacial score (nSPS) is 19.9. The van der Waals surface area contributed by atoms with Crippen LogP contribution in [-0.4, -0.2) is 31.2 Å². The number of nitriles is 1. The minimum Gasteiger partial charge on any atom is -0.333 e. The van der Waals surface area contributed by atoms with Crippen LogP contribution in [0.2, 0.25) is 0 Å². The van der Waals surface area contributed by atoms with Crippen molar-refractivity contribution < 1.29 is 26.7 Å². The summed E-state index contributed by atoms with van der Waals surface area (Å²) < 4.78 is 65.2. The fraction of sp³-hybridized carbons (Fsp3) is 0.857. The minimum absolute atomic E-state index is 0.430. The Hall–Kier alpha value is -0.900. The maximum Gasteiger partial charge on any atom is 0.331 e. The summed E-state index contributed by atoms with van der Waals surface area (Å²) in [6.07, 6.45) is -10.4. The number of halogens is 5. The molecular formula is C7H8F5NO. The zero-order valence-corrected chi connectivity index (χ0v) is 7.18. The highest BCUT2D eigenvalue weighted by molar-refractivity contribution is 5.01. The summed E-state index contributed by atoms with van der Waals surface area (Å²) in [4.78, 5) is 0. The quantitative estimate of drug-likeness (QED) is 0.661. The van der Waals surface area contributed by atoms with Crippen LogP contribution < -0.4 is 0 Å². The minimum atomic E-state index is -3.70. The van der Waals surface area contributed by atoms with Gasteiger partial charge >= 0.3 is 5.85 Å². The van der Waals surface area contributed by atoms with E-state index in [2.05, 4.69) is 4.74 Å². The summed E-state index contributed by atoms with van der Waals surface area (Å²) in [5.74, 6) is -3.66. The molecule has 0 aliphatic heterocycles. The first-order valence-corrected chi connectivity index (χ1v) is 3.69. The van der Waals surface area contributed by atoms with E-state index in [9.17, 15) is 22.0 Å². The lowest BCUT2D eigenvalue weighted by Crippen LogP contribution is -2.45. The van der Waals surface area contributed by atoms with Gasteiger partial charge < -0.3 is 4.74 Å². The molecule has 0 aliphatic carbocycles. The van der Waals surface area contributed by atoms with Gasteiger partial charge in [0.25, 0.3) is 6.43 Å². The van der Waals surface area contributed by atoms with Crippen LogP contribution in [0.3, 0.4) is 0 Å². The smallest absolute Gasteiger partial charge is 0.331 e. The Bertz CT molecular complexity index is 219. The molecule has 0 aliphatic rings. The fourth-order valence-electron chi connectivity index (χ4n) is 0.716. The van der Waals surface area contributed by atoms with Crippen LogP contribution in [0, 0.1) is 11.3 Å². The van der Waals surface area contributed by atoms with Gasteiger partial charge in [-0.25, -0.2) is 17.6 Å². The van der Waals surface area contributed by atoms with Crippen molar-refractivity contribution in [2.24, 2.45) is 0 Å². The molecule has 0 aromatic rings. The van der Waals surface area contributed by atoms with E-state index in [4.69, 9.17) is 5.26 Å². The lowest BCUT2D eigenvalue weighted by atomic mass is 10.1. The van der Waals surface area contributed by atoms with Crippen molar-refractivity contribution in [1.82, 2.24) is 0 Å². The van der Waals surface area contributed by atoms with E-state index >= 15 is 0 Å². The van der Waals surface area contributed by atoms with Crippen LogP contribution >= 0.6 is 0 Å². The molecule has 0 amide bonds. The van der Waals surface area contributed by atoms with Crippen LogP contribution in [0.1, 0.15) is 6.92 Å². The Kier molecular flexibility index (Phi) is 4.77. The van der Waals surface area contributed by atoms with Crippen LogP contribution in [0.4, 0.5) is 22.0 Å². The number of hydrogen-bond donors (Lipinski definition) is 0. The molecule has 0 spiro atoms. The summed E-state index contributed by atoms with van der Waals surface area (Å²) in [5.41, 5.74) is 0. The summed E-state index contributed by atoms with van der Waals surface area (Å²) in [6, 6.07) is 0.678. The van der Waals surface area contributed by atoms with Gasteiger partial charge in [-0.2, -0.15) is 9.65 Å². The van der Waals surface area contributed by atoms with Gasteiger partial charge in [-0.1, -0.05) is 0 Å². The molecule has 0 N–H and O–H groups in total. The first kappa shape index (κ1) is 13.1. The van der Waals surface area contributed by atoms with Crippen LogP contribution in [0.25, 0.3) is 0 Å². The summed E-state index contributed by atoms with van der Waals surface area (Å²) in [6.45, 7) is 0.786. The van der Waals surface area contributed by atoms with E-state index in [0.717, 1.165) is 0 Å². The zero-order valence-electron chi connectivity index (χ0n) is 7.18. The highest BCUT2D eigenvalue weighted by Crippen LogP contribution is 2.27. The molecule has 0 rings (SSSR count). The Morgan fingerprint density at radius 1 is 1.36 bits per heavy atom. The van der Waals surface area contributed by atoms with Crippen LogP contribution in [0.5, 0.6) is 0 Å². The van der Waals surface area contributed by atoms with E-state index in [-0.39, 0.29) is 0 Å². The molecule has 0 fully saturated rings. The molecule has 0 saturated carbocycles. The van der Waals surface area contributed by atoms with Crippen molar-refractivity contribution in [2.75, 3.05) is 6.61 Å². The van der Waals surface area contributed by atoms with Gasteiger partial charge in [0.2, 0.25) is 6.17 Å². The standard InChI is InChI=1S/C7H8F5NO/c1-2-14-7(12,3-13)5(9)4(8)6(10)11/h4-6H,2H2,1H3. The predicted molar refractivity (Wildman–Crippen MR) is 36.9 cm³/mol. The topological polar surface area (TPSA) is 33.0 Å². The van der Waals surface area contributed by atoms with Gasteiger partial charge in [0.05, 0.1) is 0 Å². The molecule has 82 valence electrons. The molecular weight excluding hydrogens is 209 g/mol. The van der Waals surface area contributed by atoms with Crippen molar-refractivity contribution in [3.05, 3.63) is 0 Å². The number of rotatable bonds is 5. The van der Waals surface area contributed by atoms with Crippen molar-refractivity contribution in [3.63, 3.8) is 0 Å². The molecule has 0 saturated heterocycles. The number of nitrogens with zero attached hydrogens (tertiary/aromatic N) is 1. The van der Waals surface area contributed by atoms with Gasteiger partial charge in [-0.3, -0.25) is 0 Å². The third kappa shape index (κ3) is 2.80. The van der Waals surface area contributed by atoms with Crippen molar-refractivity contribution in [2.45, 2.75) is 31.5 Å². The lowest BCUT2D eigenvalue weighted by molar-refractivity contribution is -0.173. The molecule has 0 aromatic heterocycles. The third-order valence-electron chi connectivity index (χ3n) is 1.38. The highest BCUT2D eigenvalue weighted by Gasteiger charge is 2.49. The van der Waals surface area contributed by atoms with Gasteiger partial charge in [0.1, 0.15) is 6.07 Å². The Morgan fingerprint density at radius 2 is 1.86 bits per heavy atom. The molecule has 3 atom stereocenters. The SMILES string of the molecule is CCOC(F)(C#N)C(F)C(F)C(F)F. The molecule has 2 nitrogen and oxygen atoms in total. The average molecular weight is 217 g/mol. The Balaban J connectivity index is 4.62. The molecule has 0 heterocycles. The van der Waals surface area contributed by atoms with Crippen molar-refractivity contribution in [3.8, 4) is 6.07 Å². The van der Waals surface area contributed by atoms with Crippen molar-refractivity contribution in [1.29, 1.82) is 5.26 Å². The third-order valence-corrected chi connectivity index (χ3v) is 1.38. The number of alkyl halides is 5. The van der Waals surface area contributed by atoms with E-state index in [1.165, 1.54) is 6.92 Å². The summed E-state index contributed by atoms with van der Waals surface area (Å²) in [5, 5.41) is 8.12. The van der Waals surface area contributed by atoms with Crippen molar-refractivity contribution >= 4 is 0 Å². The summed E-state index contributed by atoms with van der Waals surface area (Å²) >= 11 is 0. The van der Waals surface area contributed by atoms with Gasteiger partial charge in [-0.15, -0.1) is 0 Å². The maximum atomic E-state index is 13.0. The number of ether oxygens (including phenoxy) is 1. The second-order valence-corrected chi connectivity index (χ2v) is 2.37. The van der Waals surface area contributed by atoms with E-state index < -0.39 is 31.2 Å². The maximum absolute atomic E-state index is 13.0. The average Bonchev–Trinajstić information content (AvgIpc) is 2.15. The predicted octanol–water partition coefficient (Wildman–Crippen LogP) is 2.15. The fourth-order valence-corrected chi connectivity index (χ4v) is 0.716. The Morgan fingerprint density at radius 3 is 2.14 bits per heavy atom. The van der Waals surface area contributed by atoms with Gasteiger partial charge in [0.15, 0.2) is 6.17 Å². The highest BCUT2D eigenvalue weighted by atomic mass is 19.3. The zero-order chi connectivity index (χ0) is 11.4. The largest absolute Gasteiger partial charge is 0.333 e. The number of hydrogen-bond acceptors (Lipinski definition) is 2. The van der Waals surface area contributed by atoms with E-state index in [0.29, 0.717) is 6.07 Å². The van der Waals surface area contributed by atoms with E-state index in [1.54, 1.807) is 0 Å². The second-order valence-electron chi connectivity index (χ2n) is 2.37. The molecule has 0 bridgehead atoms. The van der Waals surface area contributed by atoms with Gasteiger partial charge in [-0.05, 0) is 6.92 Å². The first-order chi connectivity index (χ1) is 6.39. The van der Waals surface area contributed by atoms with Gasteiger partial charge in [0, 0.05) is 6.61 Å².